The minimum absolute atomic E-state index is 0.228. The Morgan fingerprint density at radius 2 is 1.97 bits per heavy atom. The second kappa shape index (κ2) is 10.7. The Balaban J connectivity index is 1.36. The van der Waals surface area contributed by atoms with Crippen molar-refractivity contribution < 1.29 is 4.74 Å². The molecule has 2 aliphatic heterocycles. The van der Waals surface area contributed by atoms with Crippen LogP contribution >= 0.6 is 11.8 Å². The zero-order chi connectivity index (χ0) is 22.6. The number of dihydropyridines is 1. The highest BCUT2D eigenvalue weighted by atomic mass is 32.2. The molecule has 4 rings (SSSR count). The van der Waals surface area contributed by atoms with Crippen LogP contribution in [0.2, 0.25) is 0 Å². The van der Waals surface area contributed by atoms with Crippen molar-refractivity contribution in [2.75, 3.05) is 32.5 Å². The maximum atomic E-state index is 5.73. The van der Waals surface area contributed by atoms with Crippen LogP contribution < -0.4 is 10.1 Å². The Hall–Kier alpha value is -1.39. The van der Waals surface area contributed by atoms with E-state index in [1.165, 1.54) is 86.1 Å². The normalized spacial score (nSPS) is 23.0. The Labute approximate surface area is 200 Å². The van der Waals surface area contributed by atoms with Crippen molar-refractivity contribution in [2.45, 2.75) is 82.4 Å². The molecule has 1 aliphatic carbocycles. The van der Waals surface area contributed by atoms with Gasteiger partial charge in [0.25, 0.3) is 0 Å². The third-order valence-electron chi connectivity index (χ3n) is 7.49. The van der Waals surface area contributed by atoms with Gasteiger partial charge in [0.05, 0.1) is 13.2 Å². The number of unbranched alkanes of at least 4 members (excludes halogenated alkanes) is 2. The maximum Gasteiger partial charge on any atom is 0.122 e. The minimum Gasteiger partial charge on any atom is -0.496 e. The van der Waals surface area contributed by atoms with Crippen molar-refractivity contribution >= 4 is 11.8 Å². The first-order valence-electron chi connectivity index (χ1n) is 12.7. The minimum atomic E-state index is 0.228. The lowest BCUT2D eigenvalue weighted by Crippen LogP contribution is -2.41. The van der Waals surface area contributed by atoms with E-state index in [2.05, 4.69) is 73.2 Å². The molecule has 1 saturated carbocycles. The molecule has 1 N–H and O–H groups in total. The number of thioether (sulfide) groups is 1. The van der Waals surface area contributed by atoms with E-state index in [9.17, 15) is 0 Å². The zero-order valence-corrected chi connectivity index (χ0v) is 21.4. The Bertz CT molecular complexity index is 834. The number of methoxy groups -OCH3 is 1. The zero-order valence-electron chi connectivity index (χ0n) is 20.6. The molecule has 3 nitrogen and oxygen atoms in total. The van der Waals surface area contributed by atoms with Gasteiger partial charge in [0.2, 0.25) is 0 Å². The van der Waals surface area contributed by atoms with Gasteiger partial charge in [-0.3, -0.25) is 4.90 Å². The molecule has 0 aromatic heterocycles. The van der Waals surface area contributed by atoms with Crippen LogP contribution in [0.3, 0.4) is 0 Å². The molecule has 0 amide bonds. The molecule has 3 aliphatic rings. The van der Waals surface area contributed by atoms with Crippen LogP contribution in [0.1, 0.15) is 87.4 Å². The maximum absolute atomic E-state index is 5.73. The van der Waals surface area contributed by atoms with E-state index in [1.54, 1.807) is 7.11 Å². The highest BCUT2D eigenvalue weighted by molar-refractivity contribution is 8.00. The van der Waals surface area contributed by atoms with Gasteiger partial charge in [-0.2, -0.15) is 11.8 Å². The van der Waals surface area contributed by atoms with E-state index in [0.29, 0.717) is 4.75 Å². The monoisotopic (exact) mass is 454 g/mol. The first-order valence-corrected chi connectivity index (χ1v) is 13.7. The third kappa shape index (κ3) is 5.94. The average molecular weight is 455 g/mol. The van der Waals surface area contributed by atoms with Gasteiger partial charge in [-0.25, -0.2) is 0 Å². The summed E-state index contributed by atoms with van der Waals surface area (Å²) in [7, 11) is 1.80. The van der Waals surface area contributed by atoms with E-state index in [4.69, 9.17) is 4.74 Å². The fourth-order valence-electron chi connectivity index (χ4n) is 5.07. The number of likely N-dealkylation sites (tertiary alicyclic amines) is 1. The molecule has 2 heterocycles. The number of nitrogens with one attached hydrogen (secondary N) is 1. The lowest BCUT2D eigenvalue weighted by Gasteiger charge is -2.39. The standard InChI is InChI=1S/C28H42N2OS/c1-5-6-7-16-32-28(3)11-14-30(15-12-28)20-22-10-13-29-26(17-22)24-18-25(23-8-9-23)21(2)27(19-24)31-4/h10,13,17-19,23,26,29H,5-9,11-12,14-16,20H2,1-4H3. The molecule has 0 spiro atoms. The van der Waals surface area contributed by atoms with E-state index in [0.717, 1.165) is 18.2 Å². The van der Waals surface area contributed by atoms with Gasteiger partial charge in [-0.1, -0.05) is 38.8 Å². The smallest absolute Gasteiger partial charge is 0.122 e. The van der Waals surface area contributed by atoms with Crippen molar-refractivity contribution in [2.24, 2.45) is 0 Å². The first-order chi connectivity index (χ1) is 15.5. The number of rotatable bonds is 10. The predicted molar refractivity (Wildman–Crippen MR) is 139 cm³/mol. The van der Waals surface area contributed by atoms with Crippen LogP contribution in [-0.4, -0.2) is 42.1 Å². The number of hydrogen-bond donors (Lipinski definition) is 1. The lowest BCUT2D eigenvalue weighted by molar-refractivity contribution is 0.222. The first kappa shape index (κ1) is 23.8. The molecule has 0 bridgehead atoms. The summed E-state index contributed by atoms with van der Waals surface area (Å²) in [5, 5.41) is 3.57. The van der Waals surface area contributed by atoms with Gasteiger partial charge >= 0.3 is 0 Å². The average Bonchev–Trinajstić information content (AvgIpc) is 3.64. The van der Waals surface area contributed by atoms with Gasteiger partial charge in [-0.15, -0.1) is 0 Å². The van der Waals surface area contributed by atoms with Crippen molar-refractivity contribution in [3.8, 4) is 5.75 Å². The number of ether oxygens (including phenoxy) is 1. The van der Waals surface area contributed by atoms with Crippen LogP contribution in [0.4, 0.5) is 0 Å². The van der Waals surface area contributed by atoms with E-state index in [-0.39, 0.29) is 6.04 Å². The van der Waals surface area contributed by atoms with E-state index >= 15 is 0 Å². The largest absolute Gasteiger partial charge is 0.496 e. The van der Waals surface area contributed by atoms with Crippen LogP contribution in [0, 0.1) is 6.92 Å². The highest BCUT2D eigenvalue weighted by Gasteiger charge is 2.31. The van der Waals surface area contributed by atoms with Crippen LogP contribution in [-0.2, 0) is 0 Å². The summed E-state index contributed by atoms with van der Waals surface area (Å²) in [5.41, 5.74) is 5.56. The second-order valence-corrected chi connectivity index (χ2v) is 11.9. The molecule has 1 saturated heterocycles. The van der Waals surface area contributed by atoms with Gasteiger partial charge in [0, 0.05) is 11.3 Å². The van der Waals surface area contributed by atoms with Gasteiger partial charge in [0.15, 0.2) is 0 Å². The van der Waals surface area contributed by atoms with Crippen LogP contribution in [0.15, 0.2) is 36.1 Å². The Morgan fingerprint density at radius 3 is 2.66 bits per heavy atom. The van der Waals surface area contributed by atoms with Crippen LogP contribution in [0.5, 0.6) is 5.75 Å². The summed E-state index contributed by atoms with van der Waals surface area (Å²) in [6, 6.07) is 4.88. The summed E-state index contributed by atoms with van der Waals surface area (Å²) >= 11 is 2.22. The molecule has 0 radical (unpaired) electrons. The molecular formula is C28H42N2OS. The number of piperidine rings is 1. The molecular weight excluding hydrogens is 412 g/mol. The van der Waals surface area contributed by atoms with Crippen molar-refractivity contribution in [1.82, 2.24) is 10.2 Å². The molecule has 2 fully saturated rings. The summed E-state index contributed by atoms with van der Waals surface area (Å²) in [6.07, 6.45) is 16.1. The predicted octanol–water partition coefficient (Wildman–Crippen LogP) is 6.74. The van der Waals surface area contributed by atoms with Gasteiger partial charge in [0.1, 0.15) is 5.75 Å². The highest BCUT2D eigenvalue weighted by Crippen LogP contribution is 2.45. The summed E-state index contributed by atoms with van der Waals surface area (Å²) in [6.45, 7) is 10.5. The van der Waals surface area contributed by atoms with E-state index in [1.807, 2.05) is 0 Å². The molecule has 4 heteroatoms. The Kier molecular flexibility index (Phi) is 7.94. The summed E-state index contributed by atoms with van der Waals surface area (Å²) in [5.74, 6) is 3.09. The van der Waals surface area contributed by atoms with Crippen LogP contribution in [0.25, 0.3) is 0 Å². The number of nitrogens with zero attached hydrogens (tertiary/aromatic N) is 1. The van der Waals surface area contributed by atoms with Crippen molar-refractivity contribution in [1.29, 1.82) is 0 Å². The topological polar surface area (TPSA) is 24.5 Å². The molecule has 1 aromatic carbocycles. The second-order valence-electron chi connectivity index (χ2n) is 10.2. The molecule has 176 valence electrons. The molecule has 32 heavy (non-hydrogen) atoms. The lowest BCUT2D eigenvalue weighted by atomic mass is 9.94. The quantitative estimate of drug-likeness (QED) is 0.396. The SMILES string of the molecule is CCCCCSC1(C)CCN(CC2=CC(c3cc(OC)c(C)c(C4CC4)c3)NC=C2)CC1. The number of hydrogen-bond acceptors (Lipinski definition) is 4. The Morgan fingerprint density at radius 1 is 1.19 bits per heavy atom. The molecule has 1 aromatic rings. The van der Waals surface area contributed by atoms with Gasteiger partial charge < -0.3 is 10.1 Å². The number of benzene rings is 1. The summed E-state index contributed by atoms with van der Waals surface area (Å²) < 4.78 is 6.20. The fraction of sp³-hybridized carbons (Fsp3) is 0.643. The van der Waals surface area contributed by atoms with Gasteiger partial charge in [-0.05, 0) is 104 Å². The third-order valence-corrected chi connectivity index (χ3v) is 9.09. The fourth-order valence-corrected chi connectivity index (χ4v) is 6.39. The molecule has 1 atom stereocenters. The van der Waals surface area contributed by atoms with Crippen molar-refractivity contribution in [3.63, 3.8) is 0 Å². The van der Waals surface area contributed by atoms with E-state index < -0.39 is 0 Å². The molecule has 1 unspecified atom stereocenters. The van der Waals surface area contributed by atoms with Crippen molar-refractivity contribution in [3.05, 3.63) is 52.7 Å². The summed E-state index contributed by atoms with van der Waals surface area (Å²) in [4.78, 5) is 2.65.